The Hall–Kier alpha value is -0.380. The van der Waals surface area contributed by atoms with E-state index in [2.05, 4.69) is 18.6 Å². The van der Waals surface area contributed by atoms with Crippen LogP contribution in [0.15, 0.2) is 0 Å². The first-order valence-corrected chi connectivity index (χ1v) is 9.29. The molecule has 120 valence electrons. The highest BCUT2D eigenvalue weighted by Crippen LogP contribution is 2.20. The van der Waals surface area contributed by atoms with Crippen LogP contribution in [-0.4, -0.2) is 11.3 Å². The van der Waals surface area contributed by atoms with E-state index >= 15 is 0 Å². The van der Waals surface area contributed by atoms with Gasteiger partial charge in [-0.2, -0.15) is 0 Å². The van der Waals surface area contributed by atoms with Gasteiger partial charge in [0.15, 0.2) is 0 Å². The average Bonchev–Trinajstić information content (AvgIpc) is 2.42. The molecule has 0 aromatic rings. The van der Waals surface area contributed by atoms with Crippen LogP contribution in [0.25, 0.3) is 0 Å². The van der Waals surface area contributed by atoms with Crippen molar-refractivity contribution >= 4 is 18.0 Å². The molecule has 0 aliphatic carbocycles. The molecule has 20 heavy (non-hydrogen) atoms. The van der Waals surface area contributed by atoms with Gasteiger partial charge in [-0.1, -0.05) is 78.1 Å². The Morgan fingerprint density at radius 1 is 0.900 bits per heavy atom. The van der Waals surface area contributed by atoms with Crippen molar-refractivity contribution in [3.8, 4) is 0 Å². The summed E-state index contributed by atoms with van der Waals surface area (Å²) < 4.78 is 2.67. The standard InChI is InChI=1S/C16H34N2OS/c1-3-5-6-7-8-9-10-11-12-14-15(13-4-2)20-18-16(17)19/h15H,3-14H2,1-2H3,(H3,17,18,19). The summed E-state index contributed by atoms with van der Waals surface area (Å²) in [4.78, 5) is 10.7. The maximum absolute atomic E-state index is 10.7. The lowest BCUT2D eigenvalue weighted by molar-refractivity contribution is 0.254. The lowest BCUT2D eigenvalue weighted by Gasteiger charge is -2.14. The molecule has 3 N–H and O–H groups in total. The third-order valence-corrected chi connectivity index (χ3v) is 4.69. The number of nitrogens with two attached hydrogens (primary N) is 1. The number of carbonyl (C=O) groups is 1. The summed E-state index contributed by atoms with van der Waals surface area (Å²) in [7, 11) is 0. The third kappa shape index (κ3) is 14.0. The number of primary amides is 1. The molecule has 0 rings (SSSR count). The molecule has 3 nitrogen and oxygen atoms in total. The second-order valence-electron chi connectivity index (χ2n) is 5.61. The van der Waals surface area contributed by atoms with Crippen LogP contribution in [0.2, 0.25) is 0 Å². The summed E-state index contributed by atoms with van der Waals surface area (Å²) in [5.41, 5.74) is 5.11. The van der Waals surface area contributed by atoms with Crippen molar-refractivity contribution in [3.05, 3.63) is 0 Å². The monoisotopic (exact) mass is 302 g/mol. The Morgan fingerprint density at radius 2 is 1.45 bits per heavy atom. The van der Waals surface area contributed by atoms with Gasteiger partial charge in [0.25, 0.3) is 0 Å². The highest BCUT2D eigenvalue weighted by molar-refractivity contribution is 7.98. The Kier molecular flexibility index (Phi) is 14.7. The zero-order valence-electron chi connectivity index (χ0n) is 13.5. The molecule has 0 bridgehead atoms. The molecule has 2 amide bonds. The number of hydrogen-bond acceptors (Lipinski definition) is 2. The first kappa shape index (κ1) is 19.6. The van der Waals surface area contributed by atoms with Crippen molar-refractivity contribution in [2.24, 2.45) is 5.73 Å². The van der Waals surface area contributed by atoms with Crippen LogP contribution in [0.3, 0.4) is 0 Å². The molecular formula is C16H34N2OS. The van der Waals surface area contributed by atoms with E-state index < -0.39 is 6.03 Å². The molecule has 1 unspecified atom stereocenters. The smallest absolute Gasteiger partial charge is 0.322 e. The van der Waals surface area contributed by atoms with Gasteiger partial charge in [-0.25, -0.2) is 4.79 Å². The molecule has 0 radical (unpaired) electrons. The van der Waals surface area contributed by atoms with Crippen molar-refractivity contribution < 1.29 is 4.79 Å². The van der Waals surface area contributed by atoms with E-state index in [9.17, 15) is 4.79 Å². The minimum atomic E-state index is -0.428. The molecule has 1 atom stereocenters. The predicted molar refractivity (Wildman–Crippen MR) is 90.9 cm³/mol. The predicted octanol–water partition coefficient (Wildman–Crippen LogP) is 5.39. The van der Waals surface area contributed by atoms with Crippen LogP contribution in [0.5, 0.6) is 0 Å². The number of carbonyl (C=O) groups excluding carboxylic acids is 1. The summed E-state index contributed by atoms with van der Waals surface area (Å²) in [6.45, 7) is 4.45. The molecule has 0 heterocycles. The van der Waals surface area contributed by atoms with Gasteiger partial charge in [0.1, 0.15) is 0 Å². The summed E-state index contributed by atoms with van der Waals surface area (Å²) in [6, 6.07) is -0.428. The number of hydrogen-bond donors (Lipinski definition) is 2. The van der Waals surface area contributed by atoms with E-state index in [0.29, 0.717) is 5.25 Å². The van der Waals surface area contributed by atoms with Crippen LogP contribution in [0.4, 0.5) is 4.79 Å². The van der Waals surface area contributed by atoms with Gasteiger partial charge in [0.05, 0.1) is 0 Å². The van der Waals surface area contributed by atoms with Crippen LogP contribution < -0.4 is 10.5 Å². The maximum atomic E-state index is 10.7. The first-order chi connectivity index (χ1) is 9.70. The molecule has 4 heteroatoms. The van der Waals surface area contributed by atoms with Gasteiger partial charge in [0, 0.05) is 5.25 Å². The van der Waals surface area contributed by atoms with E-state index in [-0.39, 0.29) is 0 Å². The maximum Gasteiger partial charge on any atom is 0.322 e. The van der Waals surface area contributed by atoms with E-state index in [1.165, 1.54) is 76.2 Å². The van der Waals surface area contributed by atoms with Crippen molar-refractivity contribution in [1.82, 2.24) is 4.72 Å². The van der Waals surface area contributed by atoms with E-state index in [1.807, 2.05) is 0 Å². The molecule has 0 aromatic heterocycles. The highest BCUT2D eigenvalue weighted by atomic mass is 32.2. The second-order valence-corrected chi connectivity index (χ2v) is 6.72. The summed E-state index contributed by atoms with van der Waals surface area (Å²) in [5.74, 6) is 0. The largest absolute Gasteiger partial charge is 0.351 e. The third-order valence-electron chi connectivity index (χ3n) is 3.57. The van der Waals surface area contributed by atoms with Crippen molar-refractivity contribution in [3.63, 3.8) is 0 Å². The first-order valence-electron chi connectivity index (χ1n) is 8.41. The molecule has 0 fully saturated rings. The Bertz CT molecular complexity index is 225. The minimum Gasteiger partial charge on any atom is -0.351 e. The Balaban J connectivity index is 3.41. The topological polar surface area (TPSA) is 55.1 Å². The molecule has 0 aliphatic rings. The van der Waals surface area contributed by atoms with Crippen molar-refractivity contribution in [2.45, 2.75) is 96.1 Å². The lowest BCUT2D eigenvalue weighted by Crippen LogP contribution is -2.25. The van der Waals surface area contributed by atoms with E-state index in [1.54, 1.807) is 0 Å². The van der Waals surface area contributed by atoms with Crippen molar-refractivity contribution in [2.75, 3.05) is 0 Å². The molecule has 0 aromatic carbocycles. The van der Waals surface area contributed by atoms with Gasteiger partial charge < -0.3 is 5.73 Å². The van der Waals surface area contributed by atoms with Gasteiger partial charge in [-0.05, 0) is 24.8 Å². The summed E-state index contributed by atoms with van der Waals surface area (Å²) >= 11 is 1.51. The van der Waals surface area contributed by atoms with Crippen LogP contribution >= 0.6 is 11.9 Å². The van der Waals surface area contributed by atoms with Gasteiger partial charge in [0.2, 0.25) is 0 Å². The number of urea groups is 1. The average molecular weight is 303 g/mol. The fraction of sp³-hybridized carbons (Fsp3) is 0.938. The number of unbranched alkanes of at least 4 members (excludes halogenated alkanes) is 8. The van der Waals surface area contributed by atoms with Crippen molar-refractivity contribution in [1.29, 1.82) is 0 Å². The molecule has 0 aliphatic heterocycles. The highest BCUT2D eigenvalue weighted by Gasteiger charge is 2.09. The molecule has 0 spiro atoms. The van der Waals surface area contributed by atoms with Gasteiger partial charge >= 0.3 is 6.03 Å². The van der Waals surface area contributed by atoms with Gasteiger partial charge in [-0.3, -0.25) is 4.72 Å². The summed E-state index contributed by atoms with van der Waals surface area (Å²) in [5, 5.41) is 0.525. The number of amides is 2. The second kappa shape index (κ2) is 15.0. The van der Waals surface area contributed by atoms with E-state index in [0.717, 1.165) is 12.8 Å². The Morgan fingerprint density at radius 3 is 1.95 bits per heavy atom. The molecule has 0 saturated heterocycles. The zero-order valence-corrected chi connectivity index (χ0v) is 14.3. The quantitative estimate of drug-likeness (QED) is 0.334. The van der Waals surface area contributed by atoms with Gasteiger partial charge in [-0.15, -0.1) is 0 Å². The normalized spacial score (nSPS) is 12.3. The van der Waals surface area contributed by atoms with E-state index in [4.69, 9.17) is 5.73 Å². The lowest BCUT2D eigenvalue weighted by atomic mass is 10.0. The van der Waals surface area contributed by atoms with Crippen LogP contribution in [-0.2, 0) is 0 Å². The zero-order chi connectivity index (χ0) is 15.1. The van der Waals surface area contributed by atoms with Crippen LogP contribution in [0, 0.1) is 0 Å². The van der Waals surface area contributed by atoms with Crippen LogP contribution in [0.1, 0.15) is 90.9 Å². The summed E-state index contributed by atoms with van der Waals surface area (Å²) in [6.07, 6.45) is 15.8. The minimum absolute atomic E-state index is 0.428. The Labute approximate surface area is 130 Å². The molecular weight excluding hydrogens is 268 g/mol. The number of rotatable bonds is 14. The molecule has 0 saturated carbocycles. The fourth-order valence-electron chi connectivity index (χ4n) is 2.41. The number of nitrogens with one attached hydrogen (secondary N) is 1. The SMILES string of the molecule is CCCCCCCCCCCC(CCC)SNC(N)=O. The fourth-order valence-corrected chi connectivity index (χ4v) is 3.33.